The van der Waals surface area contributed by atoms with Gasteiger partial charge < -0.3 is 13.6 Å². The highest BCUT2D eigenvalue weighted by Gasteiger charge is 2.44. The van der Waals surface area contributed by atoms with E-state index in [4.69, 9.17) is 13.6 Å². The van der Waals surface area contributed by atoms with Gasteiger partial charge in [-0.1, -0.05) is 216 Å². The summed E-state index contributed by atoms with van der Waals surface area (Å²) in [4.78, 5) is 0. The third kappa shape index (κ3) is 23.6. The molecular weight excluding hydrogens is 619 g/mol. The Bertz CT molecular complexity index is 562. The molecule has 0 aliphatic heterocycles. The Hall–Kier alpha value is 0.310. The maximum atomic E-state index is 7.75. The Balaban J connectivity index is 7.24. The molecule has 0 rings (SSSR count). The summed E-state index contributed by atoms with van der Waals surface area (Å²) < 4.78 is 23.3. The molecule has 0 saturated carbocycles. The monoisotopic (exact) mass is 713 g/mol. The summed E-state index contributed by atoms with van der Waals surface area (Å²) in [7, 11) is -1.50. The number of hydrogen-bond donors (Lipinski definition) is 0. The Morgan fingerprint density at radius 2 is 0.408 bits per heavy atom. The van der Waals surface area contributed by atoms with Gasteiger partial charge in [-0.25, -0.2) is 0 Å². The van der Waals surface area contributed by atoms with Gasteiger partial charge in [-0.3, -0.25) is 0 Å². The zero-order valence-corrected chi connectivity index (χ0v) is 36.4. The molecule has 0 amide bonds. The predicted molar refractivity (Wildman–Crippen MR) is 222 cm³/mol. The van der Waals surface area contributed by atoms with Gasteiger partial charge in [-0.05, 0) is 57.8 Å². The first kappa shape index (κ1) is 49.3. The minimum atomic E-state index is -1.50. The molecule has 0 aliphatic rings. The van der Waals surface area contributed by atoms with Crippen LogP contribution >= 0.6 is 8.60 Å². The van der Waals surface area contributed by atoms with E-state index in [-0.39, 0.29) is 16.8 Å². The van der Waals surface area contributed by atoms with E-state index in [0.29, 0.717) is 0 Å². The number of unbranched alkanes of at least 4 members (excludes halogenated alkanes) is 15. The van der Waals surface area contributed by atoms with Gasteiger partial charge in [0.1, 0.15) is 0 Å². The fourth-order valence-corrected chi connectivity index (χ4v) is 9.63. The van der Waals surface area contributed by atoms with Crippen LogP contribution in [0.3, 0.4) is 0 Å². The quantitative estimate of drug-likeness (QED) is 0.0469. The normalized spacial score (nSPS) is 12.9. The van der Waals surface area contributed by atoms with Crippen LogP contribution in [-0.4, -0.2) is 16.8 Å². The zero-order chi connectivity index (χ0) is 36.5. The Morgan fingerprint density at radius 1 is 0.245 bits per heavy atom. The molecule has 4 heteroatoms. The highest BCUT2D eigenvalue weighted by atomic mass is 31.2. The molecule has 0 aromatic heterocycles. The van der Waals surface area contributed by atoms with Crippen molar-refractivity contribution >= 4 is 8.60 Å². The van der Waals surface area contributed by atoms with Gasteiger partial charge in [0.2, 0.25) is 0 Å². The number of rotatable bonds is 39. The largest absolute Gasteiger partial charge is 0.334 e. The second kappa shape index (κ2) is 32.9. The predicted octanol–water partition coefficient (Wildman–Crippen LogP) is 17.5. The van der Waals surface area contributed by atoms with Crippen molar-refractivity contribution in [2.75, 3.05) is 0 Å². The second-order valence-corrected chi connectivity index (χ2v) is 17.1. The van der Waals surface area contributed by atoms with Gasteiger partial charge in [0, 0.05) is 0 Å². The molecule has 0 aromatic carbocycles. The van der Waals surface area contributed by atoms with Crippen molar-refractivity contribution in [3.05, 3.63) is 0 Å². The highest BCUT2D eigenvalue weighted by Crippen LogP contribution is 2.58. The average Bonchev–Trinajstić information content (AvgIpc) is 3.09. The Kier molecular flexibility index (Phi) is 33.1. The molecule has 0 saturated heterocycles. The lowest BCUT2D eigenvalue weighted by atomic mass is 9.85. The summed E-state index contributed by atoms with van der Waals surface area (Å²) in [6.07, 6.45) is 40.4. The SMILES string of the molecule is CCCCCC(CCCC)(CCCCC)OP(OC(CCCC)(CCCCC)CCCCC)OC(CCCC)(CCCCC)CCCCC. The number of hydrogen-bond acceptors (Lipinski definition) is 3. The van der Waals surface area contributed by atoms with Crippen LogP contribution in [0.15, 0.2) is 0 Å². The standard InChI is InChI=1S/C45H93O3P/c1-10-19-28-37-43(34-25-16-7,38-29-20-11-2)46-49(47-44(35-26-17-8,39-30-21-12-3)40-31-22-13-4)48-45(36-27-18-9,41-32-23-14-5)42-33-24-15-6/h10-42H2,1-9H3. The molecule has 0 bridgehead atoms. The van der Waals surface area contributed by atoms with Crippen molar-refractivity contribution < 1.29 is 13.6 Å². The van der Waals surface area contributed by atoms with Crippen molar-refractivity contribution in [2.45, 2.75) is 291 Å². The van der Waals surface area contributed by atoms with E-state index in [1.54, 1.807) is 0 Å². The summed E-state index contributed by atoms with van der Waals surface area (Å²) >= 11 is 0. The maximum Gasteiger partial charge on any atom is 0.334 e. The van der Waals surface area contributed by atoms with Crippen molar-refractivity contribution in [3.63, 3.8) is 0 Å². The molecule has 0 aliphatic carbocycles. The lowest BCUT2D eigenvalue weighted by molar-refractivity contribution is -0.0696. The Morgan fingerprint density at radius 3 is 0.571 bits per heavy atom. The van der Waals surface area contributed by atoms with Crippen LogP contribution in [0.4, 0.5) is 0 Å². The molecule has 0 N–H and O–H groups in total. The van der Waals surface area contributed by atoms with Crippen LogP contribution in [-0.2, 0) is 13.6 Å². The third-order valence-corrected chi connectivity index (χ3v) is 12.8. The van der Waals surface area contributed by atoms with E-state index in [2.05, 4.69) is 62.3 Å². The first-order chi connectivity index (χ1) is 23.8. The molecule has 0 unspecified atom stereocenters. The maximum absolute atomic E-state index is 7.75. The van der Waals surface area contributed by atoms with Crippen molar-refractivity contribution in [1.29, 1.82) is 0 Å². The summed E-state index contributed by atoms with van der Waals surface area (Å²) in [5.41, 5.74) is -0.420. The van der Waals surface area contributed by atoms with E-state index in [1.807, 2.05) is 0 Å². The van der Waals surface area contributed by atoms with Gasteiger partial charge in [0.25, 0.3) is 0 Å². The summed E-state index contributed by atoms with van der Waals surface area (Å²) in [6.45, 7) is 21.1. The fourth-order valence-electron chi connectivity index (χ4n) is 7.75. The minimum Gasteiger partial charge on any atom is -0.306 e. The molecule has 0 heterocycles. The molecule has 0 radical (unpaired) electrons. The van der Waals surface area contributed by atoms with Crippen LogP contribution in [0.2, 0.25) is 0 Å². The Labute approximate surface area is 312 Å². The van der Waals surface area contributed by atoms with E-state index in [1.165, 1.54) is 154 Å². The molecule has 296 valence electrons. The summed E-state index contributed by atoms with van der Waals surface area (Å²) in [5, 5.41) is 0. The van der Waals surface area contributed by atoms with Crippen LogP contribution in [0.5, 0.6) is 0 Å². The van der Waals surface area contributed by atoms with E-state index in [0.717, 1.165) is 57.8 Å². The highest BCUT2D eigenvalue weighted by molar-refractivity contribution is 7.41. The smallest absolute Gasteiger partial charge is 0.306 e. The lowest BCUT2D eigenvalue weighted by Crippen LogP contribution is -2.39. The van der Waals surface area contributed by atoms with Crippen molar-refractivity contribution in [2.24, 2.45) is 0 Å². The van der Waals surface area contributed by atoms with Crippen LogP contribution < -0.4 is 0 Å². The first-order valence-corrected chi connectivity index (χ1v) is 23.8. The van der Waals surface area contributed by atoms with Crippen LogP contribution in [0, 0.1) is 0 Å². The topological polar surface area (TPSA) is 27.7 Å². The van der Waals surface area contributed by atoms with Crippen LogP contribution in [0.1, 0.15) is 274 Å². The molecular formula is C45H93O3P. The lowest BCUT2D eigenvalue weighted by Gasteiger charge is -2.45. The minimum absolute atomic E-state index is 0.140. The van der Waals surface area contributed by atoms with Gasteiger partial charge in [-0.2, -0.15) is 0 Å². The molecule has 3 nitrogen and oxygen atoms in total. The molecule has 49 heavy (non-hydrogen) atoms. The average molecular weight is 713 g/mol. The zero-order valence-electron chi connectivity index (χ0n) is 35.5. The molecule has 0 aromatic rings. The van der Waals surface area contributed by atoms with E-state index >= 15 is 0 Å². The van der Waals surface area contributed by atoms with Gasteiger partial charge in [0.15, 0.2) is 0 Å². The molecule has 0 fully saturated rings. The third-order valence-electron chi connectivity index (χ3n) is 11.2. The van der Waals surface area contributed by atoms with Crippen molar-refractivity contribution in [1.82, 2.24) is 0 Å². The molecule has 0 spiro atoms. The summed E-state index contributed by atoms with van der Waals surface area (Å²) in [5.74, 6) is 0. The van der Waals surface area contributed by atoms with Gasteiger partial charge in [-0.15, -0.1) is 0 Å². The van der Waals surface area contributed by atoms with Crippen LogP contribution in [0.25, 0.3) is 0 Å². The van der Waals surface area contributed by atoms with Crippen molar-refractivity contribution in [3.8, 4) is 0 Å². The summed E-state index contributed by atoms with van der Waals surface area (Å²) in [6, 6.07) is 0. The molecule has 0 atom stereocenters. The van der Waals surface area contributed by atoms with Gasteiger partial charge in [0.05, 0.1) is 16.8 Å². The first-order valence-electron chi connectivity index (χ1n) is 22.7. The van der Waals surface area contributed by atoms with Gasteiger partial charge >= 0.3 is 8.60 Å². The van der Waals surface area contributed by atoms with E-state index in [9.17, 15) is 0 Å². The fraction of sp³-hybridized carbons (Fsp3) is 1.00. The van der Waals surface area contributed by atoms with E-state index < -0.39 is 8.60 Å². The second-order valence-electron chi connectivity index (χ2n) is 16.1.